The molecule has 15 heavy (non-hydrogen) atoms. The molecule has 1 fully saturated rings. The fourth-order valence-corrected chi connectivity index (χ4v) is 1.71. The third-order valence-electron chi connectivity index (χ3n) is 2.57. The third-order valence-corrected chi connectivity index (χ3v) is 2.57. The normalized spacial score (nSPS) is 18.9. The van der Waals surface area contributed by atoms with Gasteiger partial charge in [-0.15, -0.1) is 0 Å². The molecule has 1 aromatic carbocycles. The van der Waals surface area contributed by atoms with Crippen LogP contribution in [0.2, 0.25) is 0 Å². The molecule has 0 aliphatic carbocycles. The molecule has 2 rings (SSSR count). The molecule has 1 saturated heterocycles. The Labute approximate surface area is 90.6 Å². The Hall–Kier alpha value is -1.06. The number of epoxide rings is 1. The minimum Gasteiger partial charge on any atom is -0.371 e. The first kappa shape index (κ1) is 10.5. The van der Waals surface area contributed by atoms with Gasteiger partial charge in [-0.3, -0.25) is 0 Å². The second kappa shape index (κ2) is 4.64. The number of nitrogens with zero attached hydrogens (tertiary/aromatic N) is 1. The molecule has 1 aliphatic heterocycles. The number of hydrogen-bond acceptors (Lipinski definition) is 3. The molecule has 1 atom stereocenters. The Bertz CT molecular complexity index is 323. The number of rotatable bonds is 5. The van der Waals surface area contributed by atoms with E-state index in [1.165, 1.54) is 11.3 Å². The predicted molar refractivity (Wildman–Crippen MR) is 60.1 cm³/mol. The molecule has 3 heteroatoms. The van der Waals surface area contributed by atoms with Crippen molar-refractivity contribution in [3.8, 4) is 0 Å². The topological polar surface area (TPSA) is 25.0 Å². The van der Waals surface area contributed by atoms with Crippen molar-refractivity contribution in [1.29, 1.82) is 0 Å². The first-order valence-corrected chi connectivity index (χ1v) is 5.22. The highest BCUT2D eigenvalue weighted by molar-refractivity contribution is 5.52. The maximum Gasteiger partial charge on any atom is 0.118 e. The molecule has 82 valence electrons. The van der Waals surface area contributed by atoms with Crippen molar-refractivity contribution in [2.24, 2.45) is 0 Å². The zero-order valence-electron chi connectivity index (χ0n) is 9.27. The summed E-state index contributed by atoms with van der Waals surface area (Å²) in [6.45, 7) is 4.53. The van der Waals surface area contributed by atoms with E-state index in [1.807, 2.05) is 0 Å². The van der Waals surface area contributed by atoms with Crippen LogP contribution in [0, 0.1) is 6.92 Å². The van der Waals surface area contributed by atoms with Gasteiger partial charge >= 0.3 is 0 Å². The molecular formula is C12H17NO2. The summed E-state index contributed by atoms with van der Waals surface area (Å²) in [6, 6.07) is 8.35. The minimum absolute atomic E-state index is 0.389. The summed E-state index contributed by atoms with van der Waals surface area (Å²) in [6.07, 6.45) is 0.389. The van der Waals surface area contributed by atoms with Gasteiger partial charge in [0.15, 0.2) is 0 Å². The van der Waals surface area contributed by atoms with Crippen LogP contribution in [0.15, 0.2) is 24.3 Å². The number of aryl methyl sites for hydroxylation is 1. The highest BCUT2D eigenvalue weighted by Crippen LogP contribution is 2.22. The van der Waals surface area contributed by atoms with Crippen LogP contribution in [0.3, 0.4) is 0 Å². The van der Waals surface area contributed by atoms with Crippen LogP contribution in [-0.4, -0.2) is 33.1 Å². The largest absolute Gasteiger partial charge is 0.371 e. The lowest BCUT2D eigenvalue weighted by atomic mass is 10.2. The van der Waals surface area contributed by atoms with Crippen LogP contribution in [0.5, 0.6) is 0 Å². The fraction of sp³-hybridized carbons (Fsp3) is 0.500. The molecule has 0 aromatic heterocycles. The summed E-state index contributed by atoms with van der Waals surface area (Å²) < 4.78 is 10.5. The maximum absolute atomic E-state index is 5.25. The molecule has 3 nitrogen and oxygen atoms in total. The van der Waals surface area contributed by atoms with E-state index in [-0.39, 0.29) is 0 Å². The number of hydrogen-bond donors (Lipinski definition) is 0. The average molecular weight is 207 g/mol. The van der Waals surface area contributed by atoms with Crippen molar-refractivity contribution in [1.82, 2.24) is 0 Å². The molecule has 1 aliphatic rings. The Balaban J connectivity index is 2.11. The highest BCUT2D eigenvalue weighted by Gasteiger charge is 2.25. The number of methoxy groups -OCH3 is 1. The smallest absolute Gasteiger partial charge is 0.118 e. The van der Waals surface area contributed by atoms with Gasteiger partial charge in [0.1, 0.15) is 6.73 Å². The zero-order chi connectivity index (χ0) is 10.7. The molecule has 0 bridgehead atoms. The van der Waals surface area contributed by atoms with E-state index in [4.69, 9.17) is 9.47 Å². The predicted octanol–water partition coefficient (Wildman–Crippen LogP) is 1.80. The number of para-hydroxylation sites is 1. The van der Waals surface area contributed by atoms with Gasteiger partial charge in [0.25, 0.3) is 0 Å². The molecule has 0 amide bonds. The molecule has 0 spiro atoms. The first-order chi connectivity index (χ1) is 7.31. The lowest BCUT2D eigenvalue weighted by Gasteiger charge is -2.24. The SMILES string of the molecule is COCN(CC1CO1)c1ccccc1C. The van der Waals surface area contributed by atoms with Crippen LogP contribution in [0.1, 0.15) is 5.56 Å². The van der Waals surface area contributed by atoms with Gasteiger partial charge in [0, 0.05) is 19.3 Å². The van der Waals surface area contributed by atoms with E-state index in [2.05, 4.69) is 36.1 Å². The first-order valence-electron chi connectivity index (χ1n) is 5.22. The molecular weight excluding hydrogens is 190 g/mol. The Kier molecular flexibility index (Phi) is 3.23. The summed E-state index contributed by atoms with van der Waals surface area (Å²) in [5.74, 6) is 0. The van der Waals surface area contributed by atoms with Crippen molar-refractivity contribution in [2.75, 3.05) is 31.9 Å². The van der Waals surface area contributed by atoms with E-state index in [9.17, 15) is 0 Å². The van der Waals surface area contributed by atoms with Crippen LogP contribution < -0.4 is 4.90 Å². The minimum atomic E-state index is 0.389. The second-order valence-corrected chi connectivity index (χ2v) is 3.88. The quantitative estimate of drug-likeness (QED) is 0.543. The number of anilines is 1. The molecule has 0 N–H and O–H groups in total. The molecule has 1 aromatic rings. The van der Waals surface area contributed by atoms with E-state index >= 15 is 0 Å². The van der Waals surface area contributed by atoms with Crippen LogP contribution in [-0.2, 0) is 9.47 Å². The Morgan fingerprint density at radius 3 is 2.80 bits per heavy atom. The van der Waals surface area contributed by atoms with Gasteiger partial charge in [-0.05, 0) is 18.6 Å². The van der Waals surface area contributed by atoms with Crippen molar-refractivity contribution in [2.45, 2.75) is 13.0 Å². The van der Waals surface area contributed by atoms with Crippen molar-refractivity contribution >= 4 is 5.69 Å². The van der Waals surface area contributed by atoms with Gasteiger partial charge in [-0.2, -0.15) is 0 Å². The lowest BCUT2D eigenvalue weighted by molar-refractivity contribution is 0.195. The van der Waals surface area contributed by atoms with Crippen LogP contribution in [0.25, 0.3) is 0 Å². The summed E-state index contributed by atoms with van der Waals surface area (Å²) in [4.78, 5) is 2.22. The second-order valence-electron chi connectivity index (χ2n) is 3.88. The summed E-state index contributed by atoms with van der Waals surface area (Å²) >= 11 is 0. The molecule has 0 saturated carbocycles. The van der Waals surface area contributed by atoms with E-state index < -0.39 is 0 Å². The average Bonchev–Trinajstić information content (AvgIpc) is 3.02. The number of ether oxygens (including phenoxy) is 2. The van der Waals surface area contributed by atoms with E-state index in [0.29, 0.717) is 12.8 Å². The maximum atomic E-state index is 5.25. The Morgan fingerprint density at radius 1 is 1.47 bits per heavy atom. The summed E-state index contributed by atoms with van der Waals surface area (Å²) in [5, 5.41) is 0. The van der Waals surface area contributed by atoms with Crippen LogP contribution >= 0.6 is 0 Å². The van der Waals surface area contributed by atoms with Gasteiger partial charge in [-0.25, -0.2) is 0 Å². The number of benzene rings is 1. The van der Waals surface area contributed by atoms with Gasteiger partial charge in [0.2, 0.25) is 0 Å². The summed E-state index contributed by atoms with van der Waals surface area (Å²) in [5.41, 5.74) is 2.50. The molecule has 1 heterocycles. The Morgan fingerprint density at radius 2 is 2.20 bits per heavy atom. The standard InChI is InChI=1S/C12H17NO2/c1-10-5-3-4-6-12(10)13(9-14-2)7-11-8-15-11/h3-6,11H,7-9H2,1-2H3. The van der Waals surface area contributed by atoms with Crippen molar-refractivity contribution in [3.05, 3.63) is 29.8 Å². The van der Waals surface area contributed by atoms with Gasteiger partial charge in [0.05, 0.1) is 12.7 Å². The van der Waals surface area contributed by atoms with Gasteiger partial charge in [-0.1, -0.05) is 18.2 Å². The summed E-state index contributed by atoms with van der Waals surface area (Å²) in [7, 11) is 1.72. The molecule has 0 radical (unpaired) electrons. The third kappa shape index (κ3) is 2.70. The van der Waals surface area contributed by atoms with E-state index in [0.717, 1.165) is 13.2 Å². The highest BCUT2D eigenvalue weighted by atomic mass is 16.6. The van der Waals surface area contributed by atoms with Crippen LogP contribution in [0.4, 0.5) is 5.69 Å². The van der Waals surface area contributed by atoms with Gasteiger partial charge < -0.3 is 14.4 Å². The lowest BCUT2D eigenvalue weighted by Crippen LogP contribution is -2.30. The van der Waals surface area contributed by atoms with Crippen molar-refractivity contribution in [3.63, 3.8) is 0 Å². The van der Waals surface area contributed by atoms with E-state index in [1.54, 1.807) is 7.11 Å². The fourth-order valence-electron chi connectivity index (χ4n) is 1.71. The monoisotopic (exact) mass is 207 g/mol. The zero-order valence-corrected chi connectivity index (χ0v) is 9.27. The van der Waals surface area contributed by atoms with Crippen molar-refractivity contribution < 1.29 is 9.47 Å². The molecule has 1 unspecified atom stereocenters.